The molecular weight excluding hydrogens is 239 g/mol. The van der Waals surface area contributed by atoms with Crippen molar-refractivity contribution in [3.05, 3.63) is 53.3 Å². The molecule has 2 rings (SSSR count). The summed E-state index contributed by atoms with van der Waals surface area (Å²) in [5.74, 6) is -0.392. The molecule has 0 aliphatic heterocycles. The Balaban J connectivity index is 2.39. The average Bonchev–Trinajstić information content (AvgIpc) is 2.43. The molecule has 3 heteroatoms. The molecule has 2 nitrogen and oxygen atoms in total. The van der Waals surface area contributed by atoms with E-state index in [1.165, 1.54) is 17.2 Å². The zero-order valence-corrected chi connectivity index (χ0v) is 11.3. The van der Waals surface area contributed by atoms with E-state index in [-0.39, 0.29) is 5.69 Å². The SMILES string of the molecule is CCc1cccc(CC)c1Nc1ccc(N)c(F)c1. The van der Waals surface area contributed by atoms with Crippen LogP contribution >= 0.6 is 0 Å². The van der Waals surface area contributed by atoms with E-state index in [2.05, 4.69) is 37.4 Å². The Bertz CT molecular complexity index is 557. The lowest BCUT2D eigenvalue weighted by atomic mass is 10.0. The molecule has 0 aliphatic carbocycles. The Labute approximate surface area is 113 Å². The van der Waals surface area contributed by atoms with Gasteiger partial charge >= 0.3 is 0 Å². The first-order chi connectivity index (χ1) is 9.15. The number of rotatable bonds is 4. The van der Waals surface area contributed by atoms with Crippen molar-refractivity contribution in [1.29, 1.82) is 0 Å². The highest BCUT2D eigenvalue weighted by atomic mass is 19.1. The number of hydrogen-bond donors (Lipinski definition) is 2. The van der Waals surface area contributed by atoms with Crippen molar-refractivity contribution in [3.8, 4) is 0 Å². The monoisotopic (exact) mass is 258 g/mol. The zero-order chi connectivity index (χ0) is 13.8. The van der Waals surface area contributed by atoms with E-state index in [0.29, 0.717) is 0 Å². The van der Waals surface area contributed by atoms with Crippen LogP contribution in [0.5, 0.6) is 0 Å². The van der Waals surface area contributed by atoms with Crippen molar-refractivity contribution < 1.29 is 4.39 Å². The predicted molar refractivity (Wildman–Crippen MR) is 79.3 cm³/mol. The number of anilines is 3. The fourth-order valence-electron chi connectivity index (χ4n) is 2.15. The second-order valence-electron chi connectivity index (χ2n) is 4.52. The van der Waals surface area contributed by atoms with Crippen LogP contribution in [0.2, 0.25) is 0 Å². The molecular formula is C16H19FN2. The molecule has 0 saturated heterocycles. The first-order valence-electron chi connectivity index (χ1n) is 6.58. The third-order valence-corrected chi connectivity index (χ3v) is 3.27. The highest BCUT2D eigenvalue weighted by molar-refractivity contribution is 5.68. The summed E-state index contributed by atoms with van der Waals surface area (Å²) in [6.45, 7) is 4.23. The van der Waals surface area contributed by atoms with Crippen molar-refractivity contribution >= 4 is 17.1 Å². The van der Waals surface area contributed by atoms with E-state index in [0.717, 1.165) is 24.2 Å². The third-order valence-electron chi connectivity index (χ3n) is 3.27. The molecule has 100 valence electrons. The summed E-state index contributed by atoms with van der Waals surface area (Å²) in [4.78, 5) is 0. The molecule has 0 bridgehead atoms. The molecule has 0 fully saturated rings. The highest BCUT2D eigenvalue weighted by Gasteiger charge is 2.07. The van der Waals surface area contributed by atoms with Crippen LogP contribution in [0.3, 0.4) is 0 Å². The standard InChI is InChI=1S/C16H19FN2/c1-3-11-6-5-7-12(4-2)16(11)19-13-8-9-15(18)14(17)10-13/h5-10,19H,3-4,18H2,1-2H3. The summed E-state index contributed by atoms with van der Waals surface area (Å²) in [7, 11) is 0. The van der Waals surface area contributed by atoms with Crippen LogP contribution in [0.1, 0.15) is 25.0 Å². The summed E-state index contributed by atoms with van der Waals surface area (Å²) in [5, 5.41) is 3.32. The quantitative estimate of drug-likeness (QED) is 0.803. The second kappa shape index (κ2) is 5.74. The smallest absolute Gasteiger partial charge is 0.148 e. The van der Waals surface area contributed by atoms with Crippen molar-refractivity contribution in [1.82, 2.24) is 0 Å². The van der Waals surface area contributed by atoms with Gasteiger partial charge in [0.15, 0.2) is 0 Å². The normalized spacial score (nSPS) is 10.5. The Morgan fingerprint density at radius 3 is 2.21 bits per heavy atom. The van der Waals surface area contributed by atoms with E-state index in [1.807, 2.05) is 0 Å². The lowest BCUT2D eigenvalue weighted by Gasteiger charge is -2.15. The summed E-state index contributed by atoms with van der Waals surface area (Å²) in [5.41, 5.74) is 9.93. The predicted octanol–water partition coefficient (Wildman–Crippen LogP) is 4.28. The molecule has 0 amide bonds. The Kier molecular flexibility index (Phi) is 4.05. The maximum absolute atomic E-state index is 13.5. The molecule has 0 aliphatic rings. The van der Waals surface area contributed by atoms with Gasteiger partial charge in [-0.25, -0.2) is 4.39 Å². The van der Waals surface area contributed by atoms with Crippen LogP contribution in [0, 0.1) is 5.82 Å². The van der Waals surface area contributed by atoms with Gasteiger partial charge in [0.25, 0.3) is 0 Å². The molecule has 0 heterocycles. The lowest BCUT2D eigenvalue weighted by Crippen LogP contribution is -2.01. The lowest BCUT2D eigenvalue weighted by molar-refractivity contribution is 0.633. The van der Waals surface area contributed by atoms with Gasteiger partial charge in [-0.1, -0.05) is 32.0 Å². The topological polar surface area (TPSA) is 38.0 Å². The summed E-state index contributed by atoms with van der Waals surface area (Å²) in [6.07, 6.45) is 1.88. The zero-order valence-electron chi connectivity index (χ0n) is 11.3. The Hall–Kier alpha value is -2.03. The van der Waals surface area contributed by atoms with E-state index >= 15 is 0 Å². The van der Waals surface area contributed by atoms with Gasteiger partial charge in [0, 0.05) is 11.4 Å². The fraction of sp³-hybridized carbons (Fsp3) is 0.250. The Morgan fingerprint density at radius 2 is 1.68 bits per heavy atom. The number of benzene rings is 2. The summed E-state index contributed by atoms with van der Waals surface area (Å²) in [6, 6.07) is 11.1. The summed E-state index contributed by atoms with van der Waals surface area (Å²) < 4.78 is 13.5. The van der Waals surface area contributed by atoms with Crippen molar-refractivity contribution in [2.24, 2.45) is 0 Å². The first kappa shape index (κ1) is 13.4. The highest BCUT2D eigenvalue weighted by Crippen LogP contribution is 2.27. The van der Waals surface area contributed by atoms with Gasteiger partial charge in [0.1, 0.15) is 5.82 Å². The minimum Gasteiger partial charge on any atom is -0.396 e. The number of para-hydroxylation sites is 1. The molecule has 2 aromatic rings. The number of hydrogen-bond acceptors (Lipinski definition) is 2. The molecule has 0 spiro atoms. The third kappa shape index (κ3) is 2.87. The molecule has 19 heavy (non-hydrogen) atoms. The molecule has 2 aromatic carbocycles. The summed E-state index contributed by atoms with van der Waals surface area (Å²) >= 11 is 0. The van der Waals surface area contributed by atoms with Crippen LogP contribution in [0.25, 0.3) is 0 Å². The van der Waals surface area contributed by atoms with E-state index in [1.54, 1.807) is 12.1 Å². The molecule has 0 saturated carbocycles. The molecule has 0 aromatic heterocycles. The van der Waals surface area contributed by atoms with Gasteiger partial charge in [-0.05, 0) is 42.2 Å². The fourth-order valence-corrected chi connectivity index (χ4v) is 2.15. The van der Waals surface area contributed by atoms with Gasteiger partial charge in [-0.2, -0.15) is 0 Å². The molecule has 0 radical (unpaired) electrons. The molecule has 0 atom stereocenters. The van der Waals surface area contributed by atoms with Gasteiger partial charge in [-0.3, -0.25) is 0 Å². The minimum absolute atomic E-state index is 0.171. The number of nitrogens with one attached hydrogen (secondary N) is 1. The van der Waals surface area contributed by atoms with E-state index in [4.69, 9.17) is 5.73 Å². The van der Waals surface area contributed by atoms with Crippen LogP contribution in [0.15, 0.2) is 36.4 Å². The molecule has 0 unspecified atom stereocenters. The number of nitrogens with two attached hydrogens (primary N) is 1. The van der Waals surface area contributed by atoms with E-state index in [9.17, 15) is 4.39 Å². The average molecular weight is 258 g/mol. The number of nitrogen functional groups attached to an aromatic ring is 1. The van der Waals surface area contributed by atoms with Crippen LogP contribution in [-0.4, -0.2) is 0 Å². The second-order valence-corrected chi connectivity index (χ2v) is 4.52. The van der Waals surface area contributed by atoms with Crippen LogP contribution in [0.4, 0.5) is 21.5 Å². The maximum Gasteiger partial charge on any atom is 0.148 e. The van der Waals surface area contributed by atoms with Crippen molar-refractivity contribution in [3.63, 3.8) is 0 Å². The van der Waals surface area contributed by atoms with Crippen LogP contribution in [-0.2, 0) is 12.8 Å². The molecule has 3 N–H and O–H groups in total. The minimum atomic E-state index is -0.392. The number of aryl methyl sites for hydroxylation is 2. The van der Waals surface area contributed by atoms with Crippen molar-refractivity contribution in [2.45, 2.75) is 26.7 Å². The maximum atomic E-state index is 13.5. The van der Waals surface area contributed by atoms with Gasteiger partial charge in [0.05, 0.1) is 5.69 Å². The Morgan fingerprint density at radius 1 is 1.05 bits per heavy atom. The first-order valence-corrected chi connectivity index (χ1v) is 6.58. The largest absolute Gasteiger partial charge is 0.396 e. The van der Waals surface area contributed by atoms with Crippen molar-refractivity contribution in [2.75, 3.05) is 11.1 Å². The van der Waals surface area contributed by atoms with E-state index < -0.39 is 5.82 Å². The van der Waals surface area contributed by atoms with Gasteiger partial charge in [-0.15, -0.1) is 0 Å². The number of halogens is 1. The van der Waals surface area contributed by atoms with Gasteiger partial charge in [0.2, 0.25) is 0 Å². The van der Waals surface area contributed by atoms with Crippen LogP contribution < -0.4 is 11.1 Å². The van der Waals surface area contributed by atoms with Gasteiger partial charge < -0.3 is 11.1 Å².